The normalized spacial score (nSPS) is 12.1. The molecular formula is C16H14N2O3S2. The highest BCUT2D eigenvalue weighted by Crippen LogP contribution is 2.29. The molecule has 1 heterocycles. The first-order valence-electron chi connectivity index (χ1n) is 6.76. The van der Waals surface area contributed by atoms with E-state index in [4.69, 9.17) is 4.74 Å². The molecule has 0 aliphatic carbocycles. The number of benzene rings is 2. The predicted molar refractivity (Wildman–Crippen MR) is 92.9 cm³/mol. The summed E-state index contributed by atoms with van der Waals surface area (Å²) in [6, 6.07) is 12.3. The maximum atomic E-state index is 12.3. The molecule has 7 heteroatoms. The van der Waals surface area contributed by atoms with E-state index in [1.165, 1.54) is 11.3 Å². The summed E-state index contributed by atoms with van der Waals surface area (Å²) in [5, 5.41) is 3.31. The van der Waals surface area contributed by atoms with Crippen molar-refractivity contribution in [3.05, 3.63) is 48.0 Å². The zero-order valence-electron chi connectivity index (χ0n) is 12.5. The number of nitrogens with zero attached hydrogens (tertiary/aromatic N) is 1. The zero-order chi connectivity index (χ0) is 16.4. The summed E-state index contributed by atoms with van der Waals surface area (Å²) in [6.07, 6.45) is 1.60. The lowest BCUT2D eigenvalue weighted by molar-refractivity contribution is 0.102. The molecule has 3 rings (SSSR count). The lowest BCUT2D eigenvalue weighted by Crippen LogP contribution is -2.11. The third-order valence-corrected chi connectivity index (χ3v) is 5.13. The van der Waals surface area contributed by atoms with Crippen LogP contribution in [0.4, 0.5) is 5.13 Å². The number of thiazole rings is 1. The van der Waals surface area contributed by atoms with Crippen LogP contribution < -0.4 is 10.1 Å². The van der Waals surface area contributed by atoms with Crippen LogP contribution in [0.3, 0.4) is 0 Å². The Hall–Kier alpha value is -2.25. The number of hydrogen-bond donors (Lipinski definition) is 1. The molecule has 118 valence electrons. The first-order valence-corrected chi connectivity index (χ1v) is 9.13. The van der Waals surface area contributed by atoms with Crippen molar-refractivity contribution in [3.63, 3.8) is 0 Å². The number of hydrogen-bond acceptors (Lipinski definition) is 5. The predicted octanol–water partition coefficient (Wildman–Crippen LogP) is 3.29. The molecule has 0 bridgehead atoms. The first-order chi connectivity index (χ1) is 11.1. The summed E-state index contributed by atoms with van der Waals surface area (Å²) >= 11 is 1.39. The van der Waals surface area contributed by atoms with Gasteiger partial charge >= 0.3 is 0 Å². The van der Waals surface area contributed by atoms with Crippen LogP contribution in [0.1, 0.15) is 10.4 Å². The van der Waals surface area contributed by atoms with Gasteiger partial charge in [0.1, 0.15) is 5.75 Å². The molecule has 1 aromatic heterocycles. The molecule has 0 saturated heterocycles. The highest BCUT2D eigenvalue weighted by atomic mass is 32.2. The minimum absolute atomic E-state index is 0.246. The fourth-order valence-electron chi connectivity index (χ4n) is 2.05. The van der Waals surface area contributed by atoms with Gasteiger partial charge < -0.3 is 4.74 Å². The summed E-state index contributed by atoms with van der Waals surface area (Å²) in [5.41, 5.74) is 1.30. The monoisotopic (exact) mass is 346 g/mol. The Balaban J connectivity index is 1.80. The standard InChI is InChI=1S/C16H14N2O3S2/c1-21-11-5-8-13-14(9-11)22-16(17-13)18-15(19)10-3-6-12(7-4-10)23(2)20/h3-9H,1-2H3,(H,17,18,19). The Morgan fingerprint density at radius 1 is 1.22 bits per heavy atom. The number of rotatable bonds is 4. The number of carbonyl (C=O) groups is 1. The fraction of sp³-hybridized carbons (Fsp3) is 0.125. The third-order valence-electron chi connectivity index (χ3n) is 3.26. The highest BCUT2D eigenvalue weighted by molar-refractivity contribution is 7.84. The van der Waals surface area contributed by atoms with E-state index in [0.29, 0.717) is 15.6 Å². The van der Waals surface area contributed by atoms with Gasteiger partial charge in [0, 0.05) is 27.5 Å². The molecule has 3 aromatic rings. The van der Waals surface area contributed by atoms with Crippen molar-refractivity contribution in [1.29, 1.82) is 0 Å². The average Bonchev–Trinajstić information content (AvgIpc) is 2.95. The fourth-order valence-corrected chi connectivity index (χ4v) is 3.46. The zero-order valence-corrected chi connectivity index (χ0v) is 14.2. The van der Waals surface area contributed by atoms with Gasteiger partial charge in [-0.25, -0.2) is 4.98 Å². The van der Waals surface area contributed by atoms with E-state index in [-0.39, 0.29) is 5.91 Å². The minimum Gasteiger partial charge on any atom is -0.497 e. The SMILES string of the molecule is COc1ccc2nc(NC(=O)c3ccc(S(C)=O)cc3)sc2c1. The van der Waals surface area contributed by atoms with Crippen molar-refractivity contribution >= 4 is 43.4 Å². The topological polar surface area (TPSA) is 68.3 Å². The summed E-state index contributed by atoms with van der Waals surface area (Å²) < 4.78 is 17.5. The van der Waals surface area contributed by atoms with Gasteiger partial charge in [-0.2, -0.15) is 0 Å². The number of anilines is 1. The van der Waals surface area contributed by atoms with Crippen molar-refractivity contribution in [2.75, 3.05) is 18.7 Å². The van der Waals surface area contributed by atoms with Gasteiger partial charge in [0.05, 0.1) is 17.3 Å². The van der Waals surface area contributed by atoms with Crippen molar-refractivity contribution in [2.45, 2.75) is 4.90 Å². The number of nitrogens with one attached hydrogen (secondary N) is 1. The van der Waals surface area contributed by atoms with E-state index in [1.807, 2.05) is 18.2 Å². The molecule has 23 heavy (non-hydrogen) atoms. The Morgan fingerprint density at radius 3 is 2.61 bits per heavy atom. The second-order valence-electron chi connectivity index (χ2n) is 4.79. The maximum absolute atomic E-state index is 12.3. The molecule has 0 aliphatic heterocycles. The minimum atomic E-state index is -1.06. The van der Waals surface area contributed by atoms with E-state index in [0.717, 1.165) is 16.0 Å². The number of fused-ring (bicyclic) bond motifs is 1. The molecule has 0 fully saturated rings. The van der Waals surface area contributed by atoms with Gasteiger partial charge in [-0.1, -0.05) is 11.3 Å². The molecule has 5 nitrogen and oxygen atoms in total. The van der Waals surface area contributed by atoms with Gasteiger partial charge in [-0.05, 0) is 42.5 Å². The van der Waals surface area contributed by atoms with Crippen molar-refractivity contribution in [2.24, 2.45) is 0 Å². The van der Waals surface area contributed by atoms with E-state index in [1.54, 1.807) is 37.6 Å². The Labute approximate surface area is 139 Å². The van der Waals surface area contributed by atoms with Crippen LogP contribution in [-0.4, -0.2) is 28.5 Å². The number of carbonyl (C=O) groups excluding carboxylic acids is 1. The molecule has 0 radical (unpaired) electrons. The largest absolute Gasteiger partial charge is 0.497 e. The lowest BCUT2D eigenvalue weighted by Gasteiger charge is -2.02. The van der Waals surface area contributed by atoms with Crippen LogP contribution in [0.2, 0.25) is 0 Å². The van der Waals surface area contributed by atoms with Crippen LogP contribution in [0.15, 0.2) is 47.4 Å². The molecule has 2 aromatic carbocycles. The lowest BCUT2D eigenvalue weighted by atomic mass is 10.2. The number of amides is 1. The van der Waals surface area contributed by atoms with Crippen LogP contribution in [0.5, 0.6) is 5.75 Å². The average molecular weight is 346 g/mol. The van der Waals surface area contributed by atoms with E-state index in [2.05, 4.69) is 10.3 Å². The van der Waals surface area contributed by atoms with Crippen molar-refractivity contribution in [1.82, 2.24) is 4.98 Å². The van der Waals surface area contributed by atoms with Crippen molar-refractivity contribution in [3.8, 4) is 5.75 Å². The summed E-state index contributed by atoms with van der Waals surface area (Å²) in [7, 11) is 0.553. The van der Waals surface area contributed by atoms with E-state index < -0.39 is 10.8 Å². The van der Waals surface area contributed by atoms with Crippen LogP contribution in [-0.2, 0) is 10.8 Å². The Kier molecular flexibility index (Phi) is 4.40. The smallest absolute Gasteiger partial charge is 0.257 e. The van der Waals surface area contributed by atoms with Gasteiger partial charge in [0.15, 0.2) is 5.13 Å². The molecule has 0 saturated carbocycles. The summed E-state index contributed by atoms with van der Waals surface area (Å²) in [4.78, 5) is 17.3. The molecule has 1 unspecified atom stereocenters. The molecule has 0 spiro atoms. The molecule has 1 atom stereocenters. The molecule has 1 N–H and O–H groups in total. The van der Waals surface area contributed by atoms with Crippen LogP contribution in [0, 0.1) is 0 Å². The van der Waals surface area contributed by atoms with Crippen molar-refractivity contribution < 1.29 is 13.7 Å². The van der Waals surface area contributed by atoms with E-state index >= 15 is 0 Å². The quantitative estimate of drug-likeness (QED) is 0.787. The molecular weight excluding hydrogens is 332 g/mol. The molecule has 0 aliphatic rings. The van der Waals surface area contributed by atoms with Gasteiger partial charge in [0.25, 0.3) is 5.91 Å². The maximum Gasteiger partial charge on any atom is 0.257 e. The first kappa shape index (κ1) is 15.6. The molecule has 1 amide bonds. The third kappa shape index (κ3) is 3.40. The van der Waals surface area contributed by atoms with Gasteiger partial charge in [-0.3, -0.25) is 14.3 Å². The summed E-state index contributed by atoms with van der Waals surface area (Å²) in [5.74, 6) is 0.506. The number of methoxy groups -OCH3 is 1. The summed E-state index contributed by atoms with van der Waals surface area (Å²) in [6.45, 7) is 0. The van der Waals surface area contributed by atoms with Gasteiger partial charge in [0.2, 0.25) is 0 Å². The number of aromatic nitrogens is 1. The van der Waals surface area contributed by atoms with Crippen LogP contribution >= 0.6 is 11.3 Å². The Bertz CT molecular complexity index is 888. The van der Waals surface area contributed by atoms with E-state index in [9.17, 15) is 9.00 Å². The van der Waals surface area contributed by atoms with Gasteiger partial charge in [-0.15, -0.1) is 0 Å². The van der Waals surface area contributed by atoms with Crippen LogP contribution in [0.25, 0.3) is 10.2 Å². The Morgan fingerprint density at radius 2 is 1.96 bits per heavy atom. The number of ether oxygens (including phenoxy) is 1. The second-order valence-corrected chi connectivity index (χ2v) is 7.20. The second kappa shape index (κ2) is 6.47. The highest BCUT2D eigenvalue weighted by Gasteiger charge is 2.11.